The zero-order chi connectivity index (χ0) is 20.6. The lowest BCUT2D eigenvalue weighted by atomic mass is 9.65. The first-order valence-electron chi connectivity index (χ1n) is 10.8. The zero-order valence-electron chi connectivity index (χ0n) is 18.8. The molecule has 2 aromatic rings. The monoisotopic (exact) mass is 379 g/mol. The second-order valence-electron chi connectivity index (χ2n) is 8.97. The second-order valence-corrected chi connectivity index (χ2v) is 8.97. The standard InChI is InChI=1S/C27H39O/c1-21(2)27(5,23(4)11-10-14-24-12-8-7-9-13-24)19-25-15-17-26(18-16-25)22(3)20-28-6/h7-9,12-13,15-18,21-22H,10-11,14,19-20H2,1-6H3. The first-order valence-corrected chi connectivity index (χ1v) is 10.8. The summed E-state index contributed by atoms with van der Waals surface area (Å²) in [6.07, 6.45) is 4.71. The minimum atomic E-state index is 0.232. The molecule has 2 unspecified atom stereocenters. The lowest BCUT2D eigenvalue weighted by Crippen LogP contribution is -2.32. The Bertz CT molecular complexity index is 673. The van der Waals surface area contributed by atoms with E-state index in [4.69, 9.17) is 4.74 Å². The van der Waals surface area contributed by atoms with Crippen LogP contribution >= 0.6 is 0 Å². The van der Waals surface area contributed by atoms with Crippen LogP contribution in [0.5, 0.6) is 0 Å². The van der Waals surface area contributed by atoms with E-state index in [0.29, 0.717) is 11.8 Å². The normalized spacial score (nSPS) is 15.0. The molecule has 2 rings (SSSR count). The van der Waals surface area contributed by atoms with Gasteiger partial charge in [0.25, 0.3) is 0 Å². The molecule has 1 heteroatoms. The van der Waals surface area contributed by atoms with E-state index >= 15 is 0 Å². The predicted molar refractivity (Wildman–Crippen MR) is 122 cm³/mol. The summed E-state index contributed by atoms with van der Waals surface area (Å²) in [4.78, 5) is 0. The molecule has 0 N–H and O–H groups in total. The summed E-state index contributed by atoms with van der Waals surface area (Å²) in [5.41, 5.74) is 4.48. The maximum absolute atomic E-state index is 5.30. The van der Waals surface area contributed by atoms with E-state index in [1.54, 1.807) is 13.0 Å². The van der Waals surface area contributed by atoms with Crippen LogP contribution in [-0.2, 0) is 17.6 Å². The molecule has 0 fully saturated rings. The highest BCUT2D eigenvalue weighted by atomic mass is 16.5. The molecule has 1 nitrogen and oxygen atoms in total. The summed E-state index contributed by atoms with van der Waals surface area (Å²) in [5.74, 6) is 2.70. The molecule has 0 bridgehead atoms. The molecule has 0 aromatic heterocycles. The van der Waals surface area contributed by atoms with E-state index < -0.39 is 0 Å². The quantitative estimate of drug-likeness (QED) is 0.399. The Morgan fingerprint density at radius 3 is 2.14 bits per heavy atom. The van der Waals surface area contributed by atoms with Crippen LogP contribution < -0.4 is 0 Å². The van der Waals surface area contributed by atoms with Gasteiger partial charge < -0.3 is 4.74 Å². The Morgan fingerprint density at radius 2 is 1.57 bits per heavy atom. The molecule has 153 valence electrons. The van der Waals surface area contributed by atoms with Gasteiger partial charge in [-0.3, -0.25) is 0 Å². The van der Waals surface area contributed by atoms with Gasteiger partial charge in [-0.2, -0.15) is 0 Å². The van der Waals surface area contributed by atoms with Crippen molar-refractivity contribution in [3.8, 4) is 0 Å². The topological polar surface area (TPSA) is 9.23 Å². The van der Waals surface area contributed by atoms with Gasteiger partial charge in [-0.05, 0) is 59.6 Å². The lowest BCUT2D eigenvalue weighted by Gasteiger charge is -2.40. The summed E-state index contributed by atoms with van der Waals surface area (Å²) in [6.45, 7) is 12.6. The second kappa shape index (κ2) is 10.8. The maximum Gasteiger partial charge on any atom is 0.0528 e. The average Bonchev–Trinajstić information content (AvgIpc) is 2.69. The van der Waals surface area contributed by atoms with Gasteiger partial charge in [0, 0.05) is 13.0 Å². The van der Waals surface area contributed by atoms with Gasteiger partial charge in [0.1, 0.15) is 0 Å². The average molecular weight is 380 g/mol. The van der Waals surface area contributed by atoms with Gasteiger partial charge in [0.05, 0.1) is 6.61 Å². The van der Waals surface area contributed by atoms with Crippen molar-refractivity contribution in [3.05, 3.63) is 77.2 Å². The van der Waals surface area contributed by atoms with Crippen LogP contribution in [-0.4, -0.2) is 13.7 Å². The van der Waals surface area contributed by atoms with Crippen LogP contribution in [0, 0.1) is 17.3 Å². The van der Waals surface area contributed by atoms with E-state index in [1.165, 1.54) is 36.0 Å². The van der Waals surface area contributed by atoms with Gasteiger partial charge >= 0.3 is 0 Å². The van der Waals surface area contributed by atoms with Crippen molar-refractivity contribution < 1.29 is 4.74 Å². The Kier molecular flexibility index (Phi) is 8.76. The first kappa shape index (κ1) is 22.7. The molecule has 28 heavy (non-hydrogen) atoms. The molecular weight excluding hydrogens is 340 g/mol. The van der Waals surface area contributed by atoms with Crippen LogP contribution in [0.1, 0.15) is 70.1 Å². The number of methoxy groups -OCH3 is 1. The lowest BCUT2D eigenvalue weighted by molar-refractivity contribution is 0.184. The fourth-order valence-corrected chi connectivity index (χ4v) is 4.07. The fourth-order valence-electron chi connectivity index (χ4n) is 4.07. The molecular formula is C27H39O. The Balaban J connectivity index is 1.99. The maximum atomic E-state index is 5.30. The number of hydrogen-bond donors (Lipinski definition) is 0. The fraction of sp³-hybridized carbons (Fsp3) is 0.519. The van der Waals surface area contributed by atoms with Gasteiger partial charge in [0.15, 0.2) is 0 Å². The number of ether oxygens (including phenoxy) is 1. The van der Waals surface area contributed by atoms with Crippen molar-refractivity contribution in [2.45, 2.75) is 66.2 Å². The zero-order valence-corrected chi connectivity index (χ0v) is 18.8. The molecule has 2 atom stereocenters. The van der Waals surface area contributed by atoms with Crippen LogP contribution in [0.25, 0.3) is 0 Å². The smallest absolute Gasteiger partial charge is 0.0528 e. The van der Waals surface area contributed by atoms with Crippen molar-refractivity contribution in [3.63, 3.8) is 0 Å². The molecule has 0 amide bonds. The number of benzene rings is 2. The van der Waals surface area contributed by atoms with Crippen molar-refractivity contribution in [1.82, 2.24) is 0 Å². The van der Waals surface area contributed by atoms with Gasteiger partial charge in [-0.25, -0.2) is 0 Å². The SMILES string of the molecule is COCC(C)c1ccc(CC(C)([C](C)CCCc2ccccc2)C(C)C)cc1. The summed E-state index contributed by atoms with van der Waals surface area (Å²) < 4.78 is 5.30. The van der Waals surface area contributed by atoms with Crippen LogP contribution in [0.2, 0.25) is 0 Å². The van der Waals surface area contributed by atoms with Crippen molar-refractivity contribution >= 4 is 0 Å². The molecule has 0 aliphatic heterocycles. The minimum absolute atomic E-state index is 0.232. The highest BCUT2D eigenvalue weighted by molar-refractivity contribution is 5.27. The molecule has 2 aromatic carbocycles. The van der Waals surface area contributed by atoms with E-state index in [0.717, 1.165) is 13.0 Å². The van der Waals surface area contributed by atoms with Crippen molar-refractivity contribution in [2.75, 3.05) is 13.7 Å². The summed E-state index contributed by atoms with van der Waals surface area (Å²) in [5, 5.41) is 0. The molecule has 0 saturated carbocycles. The summed E-state index contributed by atoms with van der Waals surface area (Å²) in [7, 11) is 1.77. The molecule has 0 aliphatic rings. The number of rotatable bonds is 11. The van der Waals surface area contributed by atoms with E-state index in [9.17, 15) is 0 Å². The van der Waals surface area contributed by atoms with E-state index in [-0.39, 0.29) is 5.41 Å². The molecule has 0 aliphatic carbocycles. The Hall–Kier alpha value is -1.60. The Labute approximate surface area is 173 Å². The van der Waals surface area contributed by atoms with Crippen molar-refractivity contribution in [1.29, 1.82) is 0 Å². The first-order chi connectivity index (χ1) is 13.4. The van der Waals surface area contributed by atoms with Crippen molar-refractivity contribution in [2.24, 2.45) is 11.3 Å². The predicted octanol–water partition coefficient (Wildman–Crippen LogP) is 7.26. The van der Waals surface area contributed by atoms with E-state index in [1.807, 2.05) is 0 Å². The Morgan fingerprint density at radius 1 is 0.929 bits per heavy atom. The third kappa shape index (κ3) is 6.21. The molecule has 0 heterocycles. The minimum Gasteiger partial charge on any atom is -0.384 e. The highest BCUT2D eigenvalue weighted by Crippen LogP contribution is 2.42. The number of hydrogen-bond acceptors (Lipinski definition) is 1. The third-order valence-electron chi connectivity index (χ3n) is 6.65. The molecule has 0 spiro atoms. The van der Waals surface area contributed by atoms with E-state index in [2.05, 4.69) is 89.2 Å². The highest BCUT2D eigenvalue weighted by Gasteiger charge is 2.34. The van der Waals surface area contributed by atoms with Gasteiger partial charge in [0.2, 0.25) is 0 Å². The summed E-state index contributed by atoms with van der Waals surface area (Å²) >= 11 is 0. The van der Waals surface area contributed by atoms with Crippen LogP contribution in [0.3, 0.4) is 0 Å². The summed E-state index contributed by atoms with van der Waals surface area (Å²) in [6, 6.07) is 20.1. The third-order valence-corrected chi connectivity index (χ3v) is 6.65. The largest absolute Gasteiger partial charge is 0.384 e. The molecule has 0 saturated heterocycles. The number of aryl methyl sites for hydroxylation is 1. The van der Waals surface area contributed by atoms with Gasteiger partial charge in [-0.15, -0.1) is 0 Å². The van der Waals surface area contributed by atoms with Gasteiger partial charge in [-0.1, -0.05) is 89.2 Å². The molecule has 1 radical (unpaired) electrons. The van der Waals surface area contributed by atoms with Crippen LogP contribution in [0.4, 0.5) is 0 Å². The van der Waals surface area contributed by atoms with Crippen LogP contribution in [0.15, 0.2) is 54.6 Å².